The van der Waals surface area contributed by atoms with E-state index < -0.39 is 0 Å². The second-order valence-electron chi connectivity index (χ2n) is 3.96. The Kier molecular flexibility index (Phi) is 4.91. The van der Waals surface area contributed by atoms with Crippen LogP contribution >= 0.6 is 27.7 Å². The van der Waals surface area contributed by atoms with E-state index in [0.29, 0.717) is 37.7 Å². The maximum Gasteiger partial charge on any atom is 0.233 e. The Morgan fingerprint density at radius 1 is 1.44 bits per heavy atom. The number of nitrogens with zero attached hydrogens (tertiary/aromatic N) is 1. The number of anilines is 1. The average molecular weight is 331 g/mol. The molecule has 0 aliphatic carbocycles. The number of morpholine rings is 1. The van der Waals surface area contributed by atoms with Crippen molar-refractivity contribution in [3.05, 3.63) is 22.7 Å². The molecule has 18 heavy (non-hydrogen) atoms. The van der Waals surface area contributed by atoms with Crippen LogP contribution < -0.4 is 5.73 Å². The normalized spacial score (nSPS) is 15.7. The summed E-state index contributed by atoms with van der Waals surface area (Å²) in [5.74, 6) is 0.567. The lowest BCUT2D eigenvalue weighted by atomic mass is 10.3. The minimum absolute atomic E-state index is 0.144. The molecule has 4 nitrogen and oxygen atoms in total. The van der Waals surface area contributed by atoms with Crippen LogP contribution in [-0.2, 0) is 9.53 Å². The van der Waals surface area contributed by atoms with Crippen LogP contribution in [0, 0.1) is 0 Å². The maximum absolute atomic E-state index is 11.9. The summed E-state index contributed by atoms with van der Waals surface area (Å²) in [6.07, 6.45) is 0. The van der Waals surface area contributed by atoms with Gasteiger partial charge in [0, 0.05) is 28.1 Å². The van der Waals surface area contributed by atoms with Crippen LogP contribution in [0.5, 0.6) is 0 Å². The number of carbonyl (C=O) groups excluding carboxylic acids is 1. The van der Waals surface area contributed by atoms with E-state index in [-0.39, 0.29) is 5.91 Å². The van der Waals surface area contributed by atoms with Crippen molar-refractivity contribution in [3.63, 3.8) is 0 Å². The number of amides is 1. The van der Waals surface area contributed by atoms with Crippen LogP contribution in [0.4, 0.5) is 5.69 Å². The molecule has 0 aromatic heterocycles. The second-order valence-corrected chi connectivity index (χ2v) is 5.90. The summed E-state index contributed by atoms with van der Waals surface area (Å²) >= 11 is 4.84. The number of benzene rings is 1. The van der Waals surface area contributed by atoms with Gasteiger partial charge in [0.05, 0.1) is 19.0 Å². The summed E-state index contributed by atoms with van der Waals surface area (Å²) in [6, 6.07) is 5.70. The highest BCUT2D eigenvalue weighted by atomic mass is 79.9. The Balaban J connectivity index is 1.88. The fraction of sp³-hybridized carbons (Fsp3) is 0.417. The number of carbonyl (C=O) groups is 1. The number of thioether (sulfide) groups is 1. The standard InChI is InChI=1S/C12H15BrN2O2S/c13-9-1-2-11(10(14)7-9)18-8-12(16)15-3-5-17-6-4-15/h1-2,7H,3-6,8,14H2. The molecule has 1 fully saturated rings. The predicted octanol–water partition coefficient (Wildman–Crippen LogP) is 1.98. The zero-order valence-electron chi connectivity index (χ0n) is 9.89. The van der Waals surface area contributed by atoms with Gasteiger partial charge in [0.25, 0.3) is 0 Å². The lowest BCUT2D eigenvalue weighted by Gasteiger charge is -2.26. The van der Waals surface area contributed by atoms with Crippen molar-refractivity contribution in [2.45, 2.75) is 4.90 Å². The molecule has 0 bridgehead atoms. The van der Waals surface area contributed by atoms with Gasteiger partial charge in [-0.1, -0.05) is 15.9 Å². The van der Waals surface area contributed by atoms with Gasteiger partial charge in [-0.15, -0.1) is 11.8 Å². The quantitative estimate of drug-likeness (QED) is 0.680. The van der Waals surface area contributed by atoms with Crippen molar-refractivity contribution in [1.29, 1.82) is 0 Å². The number of ether oxygens (including phenoxy) is 1. The molecule has 98 valence electrons. The number of halogens is 1. The van der Waals surface area contributed by atoms with Crippen LogP contribution in [0.3, 0.4) is 0 Å². The first-order valence-corrected chi connectivity index (χ1v) is 7.48. The van der Waals surface area contributed by atoms with E-state index >= 15 is 0 Å². The minimum Gasteiger partial charge on any atom is -0.398 e. The molecule has 6 heteroatoms. The van der Waals surface area contributed by atoms with Gasteiger partial charge in [0.1, 0.15) is 0 Å². The van der Waals surface area contributed by atoms with E-state index in [4.69, 9.17) is 10.5 Å². The molecule has 2 rings (SSSR count). The molecule has 1 amide bonds. The van der Waals surface area contributed by atoms with Crippen LogP contribution in [0.2, 0.25) is 0 Å². The fourth-order valence-electron chi connectivity index (χ4n) is 1.69. The highest BCUT2D eigenvalue weighted by molar-refractivity contribution is 9.10. The summed E-state index contributed by atoms with van der Waals surface area (Å²) < 4.78 is 6.17. The highest BCUT2D eigenvalue weighted by Gasteiger charge is 2.17. The average Bonchev–Trinajstić information content (AvgIpc) is 2.38. The third-order valence-electron chi connectivity index (χ3n) is 2.69. The first kappa shape index (κ1) is 13.7. The molecule has 0 saturated carbocycles. The van der Waals surface area contributed by atoms with Gasteiger partial charge in [-0.3, -0.25) is 4.79 Å². The van der Waals surface area contributed by atoms with Crippen LogP contribution in [0.15, 0.2) is 27.6 Å². The summed E-state index contributed by atoms with van der Waals surface area (Å²) in [7, 11) is 0. The zero-order valence-corrected chi connectivity index (χ0v) is 12.3. The van der Waals surface area contributed by atoms with Gasteiger partial charge in [0.2, 0.25) is 5.91 Å². The van der Waals surface area contributed by atoms with Crippen molar-refractivity contribution < 1.29 is 9.53 Å². The summed E-state index contributed by atoms with van der Waals surface area (Å²) in [4.78, 5) is 14.7. The molecule has 2 N–H and O–H groups in total. The van der Waals surface area contributed by atoms with Gasteiger partial charge in [-0.25, -0.2) is 0 Å². The second kappa shape index (κ2) is 6.45. The monoisotopic (exact) mass is 330 g/mol. The van der Waals surface area contributed by atoms with Gasteiger partial charge >= 0.3 is 0 Å². The molecular weight excluding hydrogens is 316 g/mol. The number of nitrogen functional groups attached to an aromatic ring is 1. The number of hydrogen-bond donors (Lipinski definition) is 1. The molecule has 0 radical (unpaired) electrons. The summed E-state index contributed by atoms with van der Waals surface area (Å²) in [6.45, 7) is 2.65. The van der Waals surface area contributed by atoms with Crippen molar-refractivity contribution in [2.75, 3.05) is 37.8 Å². The van der Waals surface area contributed by atoms with Crippen molar-refractivity contribution in [1.82, 2.24) is 4.90 Å². The molecule has 1 aromatic carbocycles. The lowest BCUT2D eigenvalue weighted by Crippen LogP contribution is -2.41. The van der Waals surface area contributed by atoms with E-state index in [9.17, 15) is 4.79 Å². The van der Waals surface area contributed by atoms with Gasteiger partial charge in [-0.05, 0) is 18.2 Å². The smallest absolute Gasteiger partial charge is 0.233 e. The predicted molar refractivity (Wildman–Crippen MR) is 76.7 cm³/mol. The molecule has 0 unspecified atom stereocenters. The van der Waals surface area contributed by atoms with E-state index in [0.717, 1.165) is 9.37 Å². The number of rotatable bonds is 3. The lowest BCUT2D eigenvalue weighted by molar-refractivity contribution is -0.132. The summed E-state index contributed by atoms with van der Waals surface area (Å²) in [5.41, 5.74) is 6.59. The van der Waals surface area contributed by atoms with Crippen molar-refractivity contribution >= 4 is 39.3 Å². The van der Waals surface area contributed by atoms with E-state index in [1.807, 2.05) is 23.1 Å². The fourth-order valence-corrected chi connectivity index (χ4v) is 2.92. The number of hydrogen-bond acceptors (Lipinski definition) is 4. The van der Waals surface area contributed by atoms with Crippen molar-refractivity contribution in [3.8, 4) is 0 Å². The van der Waals surface area contributed by atoms with E-state index in [1.165, 1.54) is 11.8 Å². The highest BCUT2D eigenvalue weighted by Crippen LogP contribution is 2.28. The number of nitrogens with two attached hydrogens (primary N) is 1. The molecule has 1 aliphatic heterocycles. The topological polar surface area (TPSA) is 55.6 Å². The van der Waals surface area contributed by atoms with E-state index in [2.05, 4.69) is 15.9 Å². The van der Waals surface area contributed by atoms with Gasteiger partial charge < -0.3 is 15.4 Å². The summed E-state index contributed by atoms with van der Waals surface area (Å²) in [5, 5.41) is 0. The SMILES string of the molecule is Nc1cc(Br)ccc1SCC(=O)N1CCOCC1. The maximum atomic E-state index is 11.9. The van der Waals surface area contributed by atoms with Crippen LogP contribution in [0.1, 0.15) is 0 Å². The molecule has 0 spiro atoms. The first-order chi connectivity index (χ1) is 8.66. The minimum atomic E-state index is 0.144. The molecule has 0 atom stereocenters. The van der Waals surface area contributed by atoms with E-state index in [1.54, 1.807) is 0 Å². The van der Waals surface area contributed by atoms with Gasteiger partial charge in [0.15, 0.2) is 0 Å². The third-order valence-corrected chi connectivity index (χ3v) is 4.25. The van der Waals surface area contributed by atoms with Crippen molar-refractivity contribution in [2.24, 2.45) is 0 Å². The molecular formula is C12H15BrN2O2S. The Morgan fingerprint density at radius 3 is 2.83 bits per heavy atom. The molecule has 1 aliphatic rings. The largest absolute Gasteiger partial charge is 0.398 e. The Morgan fingerprint density at radius 2 is 2.17 bits per heavy atom. The Bertz CT molecular complexity index is 436. The third kappa shape index (κ3) is 3.63. The Labute approximate surface area is 119 Å². The Hall–Kier alpha value is -0.720. The molecule has 1 aromatic rings. The zero-order chi connectivity index (χ0) is 13.0. The van der Waals surface area contributed by atoms with Gasteiger partial charge in [-0.2, -0.15) is 0 Å². The molecule has 1 saturated heterocycles. The van der Waals surface area contributed by atoms with Crippen LogP contribution in [0.25, 0.3) is 0 Å². The first-order valence-electron chi connectivity index (χ1n) is 5.70. The molecule has 1 heterocycles. The van der Waals surface area contributed by atoms with Crippen LogP contribution in [-0.4, -0.2) is 42.9 Å².